The number of H-pyrrole nitrogens is 1. The molecule has 0 aliphatic heterocycles. The van der Waals surface area contributed by atoms with Crippen LogP contribution in [0.1, 0.15) is 24.4 Å². The van der Waals surface area contributed by atoms with Crippen LogP contribution in [0.3, 0.4) is 0 Å². The number of aryl methyl sites for hydroxylation is 1. The summed E-state index contributed by atoms with van der Waals surface area (Å²) in [5, 5.41) is 10.4. The molecule has 1 amide bonds. The molecule has 4 rings (SSSR count). The van der Waals surface area contributed by atoms with Crippen molar-refractivity contribution in [2.75, 3.05) is 11.1 Å². The van der Waals surface area contributed by atoms with Crippen molar-refractivity contribution in [3.63, 3.8) is 0 Å². The number of aromatic amines is 1. The third-order valence-corrected chi connectivity index (χ3v) is 5.59. The largest absolute Gasteiger partial charge is 0.344 e. The molecular weight excluding hydrogens is 346 g/mol. The first kappa shape index (κ1) is 15.4. The lowest BCUT2D eigenvalue weighted by molar-refractivity contribution is -0.113. The highest BCUT2D eigenvalue weighted by molar-refractivity contribution is 7.99. The minimum Gasteiger partial charge on any atom is -0.301 e. The van der Waals surface area contributed by atoms with E-state index in [0.717, 1.165) is 28.6 Å². The molecule has 7 nitrogen and oxygen atoms in total. The predicted molar refractivity (Wildman–Crippen MR) is 94.8 cm³/mol. The van der Waals surface area contributed by atoms with Crippen molar-refractivity contribution in [2.24, 2.45) is 0 Å². The van der Waals surface area contributed by atoms with Crippen LogP contribution in [0.5, 0.6) is 0 Å². The van der Waals surface area contributed by atoms with Crippen LogP contribution in [-0.4, -0.2) is 31.4 Å². The molecule has 0 spiro atoms. The maximum Gasteiger partial charge on any atom is 0.344 e. The maximum atomic E-state index is 12.1. The second kappa shape index (κ2) is 6.06. The van der Waals surface area contributed by atoms with Gasteiger partial charge in [-0.05, 0) is 37.5 Å². The summed E-state index contributed by atoms with van der Waals surface area (Å²) < 4.78 is 2.69. The minimum absolute atomic E-state index is 0.159. The van der Waals surface area contributed by atoms with E-state index in [1.807, 2.05) is 19.1 Å². The number of carbonyl (C=O) groups is 1. The molecule has 1 aromatic carbocycles. The number of carbonyl (C=O) groups excluding carboxylic acids is 1. The molecule has 1 aliphatic rings. The number of thiazole rings is 1. The van der Waals surface area contributed by atoms with Crippen LogP contribution in [0.15, 0.2) is 28.2 Å². The topological polar surface area (TPSA) is 92.7 Å². The van der Waals surface area contributed by atoms with Crippen LogP contribution in [0.2, 0.25) is 0 Å². The molecule has 2 N–H and O–H groups in total. The number of thioether (sulfide) groups is 1. The van der Waals surface area contributed by atoms with Gasteiger partial charge in [0.1, 0.15) is 0 Å². The maximum absolute atomic E-state index is 12.1. The molecule has 2 aromatic heterocycles. The number of anilines is 1. The number of nitrogens with one attached hydrogen (secondary N) is 2. The Morgan fingerprint density at radius 2 is 2.33 bits per heavy atom. The van der Waals surface area contributed by atoms with Crippen molar-refractivity contribution < 1.29 is 4.79 Å². The number of aromatic nitrogens is 4. The number of benzene rings is 1. The van der Waals surface area contributed by atoms with Gasteiger partial charge in [0.25, 0.3) is 0 Å². The van der Waals surface area contributed by atoms with E-state index >= 15 is 0 Å². The third-order valence-electron chi connectivity index (χ3n) is 3.71. The number of fused-ring (bicyclic) bond motifs is 1. The Kier molecular flexibility index (Phi) is 3.89. The molecule has 2 heterocycles. The molecule has 3 aromatic rings. The minimum atomic E-state index is -0.207. The molecule has 0 bridgehead atoms. The highest BCUT2D eigenvalue weighted by atomic mass is 32.2. The van der Waals surface area contributed by atoms with Crippen LogP contribution in [0.25, 0.3) is 10.2 Å². The lowest BCUT2D eigenvalue weighted by Gasteiger charge is -2.03. The summed E-state index contributed by atoms with van der Waals surface area (Å²) in [6.45, 7) is 2.03. The quantitative estimate of drug-likeness (QED) is 0.681. The van der Waals surface area contributed by atoms with Gasteiger partial charge in [-0.2, -0.15) is 0 Å². The van der Waals surface area contributed by atoms with Gasteiger partial charge in [0.15, 0.2) is 10.3 Å². The van der Waals surface area contributed by atoms with Crippen LogP contribution < -0.4 is 11.0 Å². The lowest BCUT2D eigenvalue weighted by atomic mass is 10.2. The molecule has 0 saturated heterocycles. The smallest absolute Gasteiger partial charge is 0.301 e. The second-order valence-electron chi connectivity index (χ2n) is 5.74. The summed E-state index contributed by atoms with van der Waals surface area (Å²) in [5.74, 6) is 0.0277. The average molecular weight is 361 g/mol. The Morgan fingerprint density at radius 3 is 3.12 bits per heavy atom. The van der Waals surface area contributed by atoms with Crippen LogP contribution in [-0.2, 0) is 4.79 Å². The van der Waals surface area contributed by atoms with Gasteiger partial charge in [-0.25, -0.2) is 14.9 Å². The van der Waals surface area contributed by atoms with Crippen LogP contribution in [0.4, 0.5) is 5.13 Å². The van der Waals surface area contributed by atoms with E-state index in [1.165, 1.54) is 23.1 Å². The van der Waals surface area contributed by atoms with Crippen molar-refractivity contribution in [2.45, 2.75) is 31.0 Å². The van der Waals surface area contributed by atoms with Crippen molar-refractivity contribution in [1.29, 1.82) is 0 Å². The van der Waals surface area contributed by atoms with Gasteiger partial charge in [0.05, 0.1) is 16.0 Å². The monoisotopic (exact) mass is 361 g/mol. The zero-order valence-electron chi connectivity index (χ0n) is 12.9. The summed E-state index contributed by atoms with van der Waals surface area (Å²) in [5.41, 5.74) is 1.83. The van der Waals surface area contributed by atoms with E-state index < -0.39 is 0 Å². The first-order valence-corrected chi connectivity index (χ1v) is 9.37. The first-order valence-electron chi connectivity index (χ1n) is 7.57. The molecule has 1 aliphatic carbocycles. The number of hydrogen-bond acceptors (Lipinski definition) is 6. The van der Waals surface area contributed by atoms with Gasteiger partial charge < -0.3 is 5.32 Å². The standard InChI is InChI=1S/C15H15N5O2S2/c1-8-2-5-10-11(6-8)24-13(16-10)17-12(21)7-23-15-19-18-14(22)20(15)9-3-4-9/h2,5-6,9H,3-4,7H2,1H3,(H,18,22)(H,16,17,21). The SMILES string of the molecule is Cc1ccc2nc(NC(=O)CSc3n[nH]c(=O)n3C3CC3)sc2c1. The van der Waals surface area contributed by atoms with Gasteiger partial charge in [-0.3, -0.25) is 9.36 Å². The summed E-state index contributed by atoms with van der Waals surface area (Å²) in [6.07, 6.45) is 1.98. The highest BCUT2D eigenvalue weighted by Gasteiger charge is 2.28. The zero-order chi connectivity index (χ0) is 16.7. The van der Waals surface area contributed by atoms with Crippen LogP contribution in [0, 0.1) is 6.92 Å². The molecule has 24 heavy (non-hydrogen) atoms. The Hall–Kier alpha value is -2.13. The van der Waals surface area contributed by atoms with E-state index in [2.05, 4.69) is 26.6 Å². The van der Waals surface area contributed by atoms with Crippen LogP contribution >= 0.6 is 23.1 Å². The average Bonchev–Trinajstić information content (AvgIpc) is 3.19. The Morgan fingerprint density at radius 1 is 1.50 bits per heavy atom. The summed E-state index contributed by atoms with van der Waals surface area (Å²) in [7, 11) is 0. The van der Waals surface area contributed by atoms with E-state index in [-0.39, 0.29) is 23.4 Å². The number of hydrogen-bond donors (Lipinski definition) is 2. The van der Waals surface area contributed by atoms with E-state index in [9.17, 15) is 9.59 Å². The van der Waals surface area contributed by atoms with E-state index in [4.69, 9.17) is 0 Å². The summed E-state index contributed by atoms with van der Waals surface area (Å²) in [6, 6.07) is 6.23. The molecule has 0 atom stereocenters. The molecule has 0 unspecified atom stereocenters. The zero-order valence-corrected chi connectivity index (χ0v) is 14.5. The summed E-state index contributed by atoms with van der Waals surface area (Å²) in [4.78, 5) is 28.3. The molecule has 9 heteroatoms. The highest BCUT2D eigenvalue weighted by Crippen LogP contribution is 2.36. The third kappa shape index (κ3) is 3.09. The fourth-order valence-corrected chi connectivity index (χ4v) is 4.21. The Balaban J connectivity index is 1.42. The lowest BCUT2D eigenvalue weighted by Crippen LogP contribution is -2.17. The Bertz CT molecular complexity index is 970. The fourth-order valence-electron chi connectivity index (χ4n) is 2.42. The van der Waals surface area contributed by atoms with Gasteiger partial charge in [-0.1, -0.05) is 29.2 Å². The van der Waals surface area contributed by atoms with Crippen molar-refractivity contribution in [3.05, 3.63) is 34.2 Å². The fraction of sp³-hybridized carbons (Fsp3) is 0.333. The van der Waals surface area contributed by atoms with Gasteiger partial charge in [-0.15, -0.1) is 5.10 Å². The Labute approximate surface area is 145 Å². The molecular formula is C15H15N5O2S2. The molecule has 1 fully saturated rings. The summed E-state index contributed by atoms with van der Waals surface area (Å²) >= 11 is 2.71. The van der Waals surface area contributed by atoms with Gasteiger partial charge in [0, 0.05) is 6.04 Å². The second-order valence-corrected chi connectivity index (χ2v) is 7.71. The van der Waals surface area contributed by atoms with Gasteiger partial charge in [0.2, 0.25) is 5.91 Å². The first-order chi connectivity index (χ1) is 11.6. The van der Waals surface area contributed by atoms with Crippen molar-refractivity contribution >= 4 is 44.4 Å². The normalized spacial score (nSPS) is 14.2. The number of nitrogens with zero attached hydrogens (tertiary/aromatic N) is 3. The number of amides is 1. The van der Waals surface area contributed by atoms with E-state index in [0.29, 0.717) is 10.3 Å². The number of rotatable bonds is 5. The molecule has 124 valence electrons. The van der Waals surface area contributed by atoms with Crippen molar-refractivity contribution in [3.8, 4) is 0 Å². The molecule has 0 radical (unpaired) electrons. The van der Waals surface area contributed by atoms with Crippen molar-refractivity contribution in [1.82, 2.24) is 19.7 Å². The van der Waals surface area contributed by atoms with E-state index in [1.54, 1.807) is 4.57 Å². The predicted octanol–water partition coefficient (Wildman–Crippen LogP) is 2.56. The molecule has 1 saturated carbocycles. The van der Waals surface area contributed by atoms with Gasteiger partial charge >= 0.3 is 5.69 Å².